The highest BCUT2D eigenvalue weighted by Crippen LogP contribution is 2.37. The van der Waals surface area contributed by atoms with Gasteiger partial charge in [0.2, 0.25) is 0 Å². The minimum Gasteiger partial charge on any atom is -0.423 e. The molecule has 2 N–H and O–H groups in total. The molecule has 0 aliphatic rings. The van der Waals surface area contributed by atoms with Crippen LogP contribution in [-0.2, 0) is 0 Å². The lowest BCUT2D eigenvalue weighted by atomic mass is 9.75. The van der Waals surface area contributed by atoms with Gasteiger partial charge in [0, 0.05) is 38.6 Å². The quantitative estimate of drug-likeness (QED) is 0.144. The molecule has 0 unspecified atom stereocenters. The maximum absolute atomic E-state index is 9.65. The third-order valence-electron chi connectivity index (χ3n) is 9.04. The molecule has 0 atom stereocenters. The Morgan fingerprint density at radius 3 is 0.981 bits per heavy atom. The van der Waals surface area contributed by atoms with E-state index in [1.54, 1.807) is 12.1 Å². The van der Waals surface area contributed by atoms with E-state index >= 15 is 0 Å². The molecule has 0 saturated heterocycles. The number of hydrogen-bond donors (Lipinski definition) is 2. The van der Waals surface area contributed by atoms with Gasteiger partial charge in [-0.2, -0.15) is 0 Å². The van der Waals surface area contributed by atoms with Gasteiger partial charge < -0.3 is 19.8 Å². The zero-order valence-corrected chi connectivity index (χ0v) is 31.1. The third-order valence-corrected chi connectivity index (χ3v) is 9.73. The van der Waals surface area contributed by atoms with Gasteiger partial charge >= 0.3 is 7.12 Å². The number of hydrogen-bond acceptors (Lipinski definition) is 4. The van der Waals surface area contributed by atoms with Crippen LogP contribution < -0.4 is 15.3 Å². The Morgan fingerprint density at radius 1 is 0.315 bits per heavy atom. The molecule has 6 heteroatoms. The Labute approximate surface area is 326 Å². The molecule has 262 valence electrons. The van der Waals surface area contributed by atoms with E-state index in [4.69, 9.17) is 0 Å². The van der Waals surface area contributed by atoms with Crippen molar-refractivity contribution in [2.45, 2.75) is 0 Å². The first-order valence-corrected chi connectivity index (χ1v) is 18.6. The van der Waals surface area contributed by atoms with Gasteiger partial charge in [0.1, 0.15) is 0 Å². The maximum atomic E-state index is 9.65. The summed E-state index contributed by atoms with van der Waals surface area (Å²) < 4.78 is 1.11. The van der Waals surface area contributed by atoms with Crippen LogP contribution in [0.2, 0.25) is 0 Å². The van der Waals surface area contributed by atoms with Gasteiger partial charge in [-0.25, -0.2) is 0 Å². The normalized spacial score (nSPS) is 10.5. The average molecular weight is 766 g/mol. The number of halogens is 1. The molecule has 0 aliphatic heterocycles. The van der Waals surface area contributed by atoms with E-state index in [1.807, 2.05) is 78.9 Å². The molecule has 0 aromatic heterocycles. The van der Waals surface area contributed by atoms with E-state index in [0.717, 1.165) is 49.7 Å². The van der Waals surface area contributed by atoms with Crippen molar-refractivity contribution in [1.82, 2.24) is 0 Å². The van der Waals surface area contributed by atoms with Crippen molar-refractivity contribution in [1.29, 1.82) is 0 Å². The number of rotatable bonds is 9. The second-order valence-corrected chi connectivity index (χ2v) is 13.4. The fourth-order valence-corrected chi connectivity index (χ4v) is 6.98. The van der Waals surface area contributed by atoms with Crippen molar-refractivity contribution >= 4 is 62.6 Å². The molecule has 0 aliphatic carbocycles. The van der Waals surface area contributed by atoms with Crippen LogP contribution in [0.3, 0.4) is 0 Å². The first-order valence-electron chi connectivity index (χ1n) is 17.8. The maximum Gasteiger partial charge on any atom is 0.489 e. The summed E-state index contributed by atoms with van der Waals surface area (Å²) >= 11 is 3.64. The summed E-state index contributed by atoms with van der Waals surface area (Å²) in [6.45, 7) is 0. The lowest BCUT2D eigenvalue weighted by Crippen LogP contribution is -2.31. The Morgan fingerprint density at radius 2 is 0.611 bits per heavy atom. The van der Waals surface area contributed by atoms with E-state index in [9.17, 15) is 10.0 Å². The van der Waals surface area contributed by atoms with Crippen LogP contribution in [0.4, 0.5) is 34.1 Å². The Kier molecular flexibility index (Phi) is 11.8. The van der Waals surface area contributed by atoms with E-state index in [2.05, 4.69) is 153 Å². The van der Waals surface area contributed by atoms with E-state index in [-0.39, 0.29) is 0 Å². The number of nitrogens with zero attached hydrogens (tertiary/aromatic N) is 2. The fourth-order valence-electron chi connectivity index (χ4n) is 6.46. The first kappa shape index (κ1) is 36.2. The molecule has 0 bridgehead atoms. The predicted molar refractivity (Wildman–Crippen MR) is 231 cm³/mol. The second-order valence-electron chi connectivity index (χ2n) is 12.5. The average Bonchev–Trinajstić information content (AvgIpc) is 3.24. The van der Waals surface area contributed by atoms with Crippen LogP contribution in [0.1, 0.15) is 0 Å². The highest BCUT2D eigenvalue weighted by molar-refractivity contribution is 9.10. The molecule has 0 saturated carbocycles. The molecule has 4 nitrogen and oxygen atoms in total. The van der Waals surface area contributed by atoms with Gasteiger partial charge in [-0.1, -0.05) is 155 Å². The van der Waals surface area contributed by atoms with Crippen molar-refractivity contribution in [3.8, 4) is 22.3 Å². The Balaban J connectivity index is 0.000000167. The summed E-state index contributed by atoms with van der Waals surface area (Å²) in [6, 6.07) is 73.8. The minimum atomic E-state index is -1.50. The van der Waals surface area contributed by atoms with Gasteiger partial charge in [-0.05, 0) is 107 Å². The monoisotopic (exact) mass is 764 g/mol. The van der Waals surface area contributed by atoms with Crippen LogP contribution in [0, 0.1) is 0 Å². The van der Waals surface area contributed by atoms with Crippen LogP contribution in [-0.4, -0.2) is 17.2 Å². The number of benzene rings is 8. The standard InChI is InChI=1S/C24H20BNO2.C24H18BrN/c27-25(28)24-14-8-7-13-23(24)19-15-17-22(18-16-19)26(20-9-3-1-4-10-20)21-11-5-2-6-12-21;25-24-14-8-7-13-23(24)19-15-17-22(18-16-19)26(20-9-3-1-4-10-20)21-11-5-2-6-12-21/h1-18,27-28H;1-18H. The Hall–Kier alpha value is -6.18. The largest absolute Gasteiger partial charge is 0.489 e. The summed E-state index contributed by atoms with van der Waals surface area (Å²) in [5.74, 6) is 0. The van der Waals surface area contributed by atoms with E-state index in [0.29, 0.717) is 5.46 Å². The molecule has 0 spiro atoms. The van der Waals surface area contributed by atoms with Crippen molar-refractivity contribution in [3.63, 3.8) is 0 Å². The lowest BCUT2D eigenvalue weighted by Gasteiger charge is -2.25. The topological polar surface area (TPSA) is 46.9 Å². The molecule has 8 aromatic carbocycles. The van der Waals surface area contributed by atoms with Gasteiger partial charge in [0.05, 0.1) is 0 Å². The molecular formula is C48H38BBrN2O2. The van der Waals surface area contributed by atoms with Gasteiger partial charge in [-0.3, -0.25) is 0 Å². The number of anilines is 6. The molecule has 8 rings (SSSR count). The molecule has 0 fully saturated rings. The van der Waals surface area contributed by atoms with Crippen molar-refractivity contribution < 1.29 is 10.0 Å². The third kappa shape index (κ3) is 8.54. The Bertz CT molecular complexity index is 2280. The zero-order chi connectivity index (χ0) is 37.1. The first-order chi connectivity index (χ1) is 26.6. The van der Waals surface area contributed by atoms with Crippen LogP contribution in [0.25, 0.3) is 22.3 Å². The van der Waals surface area contributed by atoms with Crippen LogP contribution in [0.5, 0.6) is 0 Å². The lowest BCUT2D eigenvalue weighted by molar-refractivity contribution is 0.426. The summed E-state index contributed by atoms with van der Waals surface area (Å²) in [5.41, 5.74) is 11.3. The van der Waals surface area contributed by atoms with Crippen molar-refractivity contribution in [2.24, 2.45) is 0 Å². The smallest absolute Gasteiger partial charge is 0.423 e. The zero-order valence-electron chi connectivity index (χ0n) is 29.5. The van der Waals surface area contributed by atoms with Crippen LogP contribution in [0.15, 0.2) is 223 Å². The van der Waals surface area contributed by atoms with Gasteiger partial charge in [-0.15, -0.1) is 0 Å². The second kappa shape index (κ2) is 17.6. The van der Waals surface area contributed by atoms with E-state index < -0.39 is 7.12 Å². The molecular weight excluding hydrogens is 727 g/mol. The van der Waals surface area contributed by atoms with Crippen molar-refractivity contribution in [2.75, 3.05) is 9.80 Å². The minimum absolute atomic E-state index is 0.498. The van der Waals surface area contributed by atoms with Crippen molar-refractivity contribution in [3.05, 3.63) is 223 Å². The van der Waals surface area contributed by atoms with Gasteiger partial charge in [0.25, 0.3) is 0 Å². The summed E-state index contributed by atoms with van der Waals surface area (Å²) in [7, 11) is -1.50. The highest BCUT2D eigenvalue weighted by Gasteiger charge is 2.17. The molecule has 0 amide bonds. The summed E-state index contributed by atoms with van der Waals surface area (Å²) in [5, 5.41) is 19.3. The highest BCUT2D eigenvalue weighted by atomic mass is 79.9. The molecule has 54 heavy (non-hydrogen) atoms. The van der Waals surface area contributed by atoms with Crippen LogP contribution >= 0.6 is 15.9 Å². The predicted octanol–water partition coefficient (Wildman–Crippen LogP) is 12.1. The fraction of sp³-hybridized carbons (Fsp3) is 0. The summed E-state index contributed by atoms with van der Waals surface area (Å²) in [4.78, 5) is 4.46. The summed E-state index contributed by atoms with van der Waals surface area (Å²) in [6.07, 6.45) is 0. The molecule has 8 aromatic rings. The van der Waals surface area contributed by atoms with E-state index in [1.165, 1.54) is 11.1 Å². The molecule has 0 radical (unpaired) electrons. The molecule has 0 heterocycles. The van der Waals surface area contributed by atoms with Gasteiger partial charge in [0.15, 0.2) is 0 Å². The SMILES string of the molecule is Brc1ccccc1-c1ccc(N(c2ccccc2)c2ccccc2)cc1.OB(O)c1ccccc1-c1ccc(N(c2ccccc2)c2ccccc2)cc1. The number of para-hydroxylation sites is 4.